The Bertz CT molecular complexity index is 873. The third-order valence-electron chi connectivity index (χ3n) is 4.77. The van der Waals surface area contributed by atoms with Crippen molar-refractivity contribution in [3.63, 3.8) is 0 Å². The van der Waals surface area contributed by atoms with Crippen molar-refractivity contribution in [2.24, 2.45) is 0 Å². The highest BCUT2D eigenvalue weighted by atomic mass is 79.9. The first-order valence-electron chi connectivity index (χ1n) is 9.26. The summed E-state index contributed by atoms with van der Waals surface area (Å²) in [5.41, 5.74) is -0.160. The zero-order valence-electron chi connectivity index (χ0n) is 16.4. The number of nitrogens with zero attached hydrogens (tertiary/aromatic N) is 3. The molecule has 1 amide bonds. The van der Waals surface area contributed by atoms with Crippen molar-refractivity contribution in [3.8, 4) is 5.75 Å². The Kier molecular flexibility index (Phi) is 6.80. The maximum Gasteiger partial charge on any atom is 0.284 e. The zero-order chi connectivity index (χ0) is 21.2. The predicted molar refractivity (Wildman–Crippen MR) is 109 cm³/mol. The predicted octanol–water partition coefficient (Wildman–Crippen LogP) is 4.12. The Morgan fingerprint density at radius 3 is 2.79 bits per heavy atom. The van der Waals surface area contributed by atoms with Crippen LogP contribution in [0, 0.1) is 5.82 Å². The highest BCUT2D eigenvalue weighted by molar-refractivity contribution is 9.10. The number of amides is 1. The van der Waals surface area contributed by atoms with Crippen molar-refractivity contribution in [2.75, 3.05) is 13.2 Å². The summed E-state index contributed by atoms with van der Waals surface area (Å²) in [5, 5.41) is 11.0. The lowest BCUT2D eigenvalue weighted by atomic mass is 9.92. The minimum Gasteiger partial charge on any atom is -0.484 e. The lowest BCUT2D eigenvalue weighted by Crippen LogP contribution is -2.55. The zero-order valence-corrected chi connectivity index (χ0v) is 18.8. The van der Waals surface area contributed by atoms with Gasteiger partial charge in [-0.3, -0.25) is 9.69 Å². The van der Waals surface area contributed by atoms with Gasteiger partial charge in [-0.15, -0.1) is 10.2 Å². The van der Waals surface area contributed by atoms with E-state index in [1.54, 1.807) is 0 Å². The van der Waals surface area contributed by atoms with Gasteiger partial charge in [0.2, 0.25) is 5.89 Å². The molecular formula is C19H23BrClFN4O3. The fraction of sp³-hybridized carbons (Fsp3) is 0.526. The lowest BCUT2D eigenvalue weighted by molar-refractivity contribution is -0.124. The molecule has 1 aromatic heterocycles. The van der Waals surface area contributed by atoms with E-state index in [2.05, 4.69) is 57.1 Å². The second-order valence-corrected chi connectivity index (χ2v) is 9.02. The second-order valence-electron chi connectivity index (χ2n) is 7.94. The first-order valence-corrected chi connectivity index (χ1v) is 10.4. The van der Waals surface area contributed by atoms with E-state index in [1.165, 1.54) is 12.1 Å². The summed E-state index contributed by atoms with van der Waals surface area (Å²) in [5.74, 6) is -0.0386. The fourth-order valence-corrected chi connectivity index (χ4v) is 3.78. The first kappa shape index (κ1) is 22.0. The van der Waals surface area contributed by atoms with E-state index in [0.717, 1.165) is 18.9 Å². The summed E-state index contributed by atoms with van der Waals surface area (Å²) in [6.45, 7) is 6.75. The maximum absolute atomic E-state index is 13.5. The third-order valence-corrected chi connectivity index (χ3v) is 5.40. The molecular weight excluding hydrogens is 467 g/mol. The number of benzene rings is 1. The average molecular weight is 490 g/mol. The second kappa shape index (κ2) is 8.97. The van der Waals surface area contributed by atoms with Gasteiger partial charge in [-0.25, -0.2) is 4.39 Å². The van der Waals surface area contributed by atoms with Crippen LogP contribution in [-0.4, -0.2) is 45.7 Å². The number of rotatable bonds is 5. The van der Waals surface area contributed by atoms with Crippen LogP contribution in [0.25, 0.3) is 0 Å². The molecule has 1 aliphatic rings. The van der Waals surface area contributed by atoms with Gasteiger partial charge in [-0.1, -0.05) is 11.6 Å². The van der Waals surface area contributed by atoms with Crippen LogP contribution in [0.1, 0.15) is 45.5 Å². The molecule has 0 spiro atoms. The summed E-state index contributed by atoms with van der Waals surface area (Å²) in [6.07, 6.45) is 1.53. The average Bonchev–Trinajstić information content (AvgIpc) is 3.08. The first-order chi connectivity index (χ1) is 13.6. The number of likely N-dealkylation sites (tertiary alicyclic amines) is 1. The van der Waals surface area contributed by atoms with Crippen molar-refractivity contribution in [3.05, 3.63) is 39.7 Å². The molecule has 29 heavy (non-hydrogen) atoms. The van der Waals surface area contributed by atoms with E-state index in [1.807, 2.05) is 0 Å². The van der Waals surface area contributed by atoms with Crippen LogP contribution in [0.15, 0.2) is 27.4 Å². The van der Waals surface area contributed by atoms with Crippen LogP contribution in [0.4, 0.5) is 4.39 Å². The molecule has 10 heteroatoms. The normalized spacial score (nSPS) is 20.5. The Morgan fingerprint density at radius 1 is 1.41 bits per heavy atom. The van der Waals surface area contributed by atoms with Crippen LogP contribution in [0.5, 0.6) is 5.75 Å². The molecule has 1 fully saturated rings. The smallest absolute Gasteiger partial charge is 0.284 e. The highest BCUT2D eigenvalue weighted by Gasteiger charge is 2.38. The number of carbonyl (C=O) groups is 1. The van der Waals surface area contributed by atoms with Gasteiger partial charge < -0.3 is 14.5 Å². The quantitative estimate of drug-likeness (QED) is 0.680. The maximum atomic E-state index is 13.5. The van der Waals surface area contributed by atoms with Crippen LogP contribution in [-0.2, 0) is 4.79 Å². The monoisotopic (exact) mass is 488 g/mol. The molecule has 1 aliphatic heterocycles. The van der Waals surface area contributed by atoms with E-state index < -0.39 is 5.82 Å². The van der Waals surface area contributed by atoms with Gasteiger partial charge in [0.15, 0.2) is 6.61 Å². The molecule has 3 rings (SSSR count). The number of halogens is 3. The number of carbonyl (C=O) groups excluding carboxylic acids is 1. The van der Waals surface area contributed by atoms with Gasteiger partial charge >= 0.3 is 0 Å². The van der Waals surface area contributed by atoms with Crippen molar-refractivity contribution in [2.45, 2.75) is 51.2 Å². The molecule has 0 saturated carbocycles. The number of hydrogen-bond donors (Lipinski definition) is 1. The number of nitrogens with one attached hydrogen (secondary N) is 1. The van der Waals surface area contributed by atoms with E-state index in [0.29, 0.717) is 17.2 Å². The molecule has 1 saturated heterocycles. The summed E-state index contributed by atoms with van der Waals surface area (Å²) in [4.78, 5) is 14.9. The van der Waals surface area contributed by atoms with Gasteiger partial charge in [0.25, 0.3) is 10.7 Å². The van der Waals surface area contributed by atoms with Gasteiger partial charge in [0.05, 0.1) is 11.1 Å². The summed E-state index contributed by atoms with van der Waals surface area (Å²) in [6, 6.07) is 4.01. The summed E-state index contributed by atoms with van der Waals surface area (Å²) in [7, 11) is 0. The van der Waals surface area contributed by atoms with E-state index in [-0.39, 0.29) is 40.9 Å². The van der Waals surface area contributed by atoms with Gasteiger partial charge in [0, 0.05) is 40.1 Å². The molecule has 2 heterocycles. The molecule has 2 atom stereocenters. The molecule has 2 aromatic rings. The van der Waals surface area contributed by atoms with Gasteiger partial charge in [0.1, 0.15) is 11.6 Å². The van der Waals surface area contributed by atoms with Crippen molar-refractivity contribution < 1.29 is 18.3 Å². The standard InChI is InChI=1S/C19H23BrClFN4O3/c1-19(2,3)26-9-11(4-7-15(26)17-24-25-18(20)29-17)23-16(27)10-28-12-5-6-13(21)14(22)8-12/h5-6,8,11,15H,4,7,9-10H2,1-3H3,(H,23,27)/t11-,15+/m0/s1. The van der Waals surface area contributed by atoms with Crippen LogP contribution in [0.2, 0.25) is 5.02 Å². The SMILES string of the molecule is CC(C)(C)N1C[C@@H](NC(=O)COc2ccc(Cl)c(F)c2)CC[C@@H]1c1nnc(Br)o1. The largest absolute Gasteiger partial charge is 0.484 e. The number of piperidine rings is 1. The number of aromatic nitrogens is 2. The van der Waals surface area contributed by atoms with E-state index in [9.17, 15) is 9.18 Å². The molecule has 7 nitrogen and oxygen atoms in total. The molecule has 158 valence electrons. The highest BCUT2D eigenvalue weighted by Crippen LogP contribution is 2.36. The molecule has 0 bridgehead atoms. The summed E-state index contributed by atoms with van der Waals surface area (Å²) >= 11 is 8.85. The van der Waals surface area contributed by atoms with E-state index >= 15 is 0 Å². The molecule has 1 aromatic carbocycles. The minimum atomic E-state index is -0.587. The Balaban J connectivity index is 1.58. The molecule has 0 aliphatic carbocycles. The lowest BCUT2D eigenvalue weighted by Gasteiger charge is -2.45. The topological polar surface area (TPSA) is 80.5 Å². The van der Waals surface area contributed by atoms with E-state index in [4.69, 9.17) is 20.8 Å². The Morgan fingerprint density at radius 2 is 2.17 bits per heavy atom. The minimum absolute atomic E-state index is 0.00843. The molecule has 1 N–H and O–H groups in total. The fourth-order valence-electron chi connectivity index (χ4n) is 3.42. The van der Waals surface area contributed by atoms with Crippen LogP contribution < -0.4 is 10.1 Å². The number of hydrogen-bond acceptors (Lipinski definition) is 6. The van der Waals surface area contributed by atoms with Crippen molar-refractivity contribution in [1.29, 1.82) is 0 Å². The molecule has 0 radical (unpaired) electrons. The van der Waals surface area contributed by atoms with Crippen LogP contribution >= 0.6 is 27.5 Å². The van der Waals surface area contributed by atoms with Crippen molar-refractivity contribution in [1.82, 2.24) is 20.4 Å². The Labute approximate surface area is 182 Å². The number of ether oxygens (including phenoxy) is 1. The van der Waals surface area contributed by atoms with Crippen LogP contribution in [0.3, 0.4) is 0 Å². The third kappa shape index (κ3) is 5.67. The Hall–Kier alpha value is -1.71. The van der Waals surface area contributed by atoms with Crippen molar-refractivity contribution >= 4 is 33.4 Å². The van der Waals surface area contributed by atoms with Gasteiger partial charge in [-0.2, -0.15) is 0 Å². The molecule has 0 unspecified atom stereocenters. The van der Waals surface area contributed by atoms with Gasteiger partial charge in [-0.05, 0) is 45.7 Å². The summed E-state index contributed by atoms with van der Waals surface area (Å²) < 4.78 is 24.4.